The van der Waals surface area contributed by atoms with E-state index < -0.39 is 42.1 Å². The summed E-state index contributed by atoms with van der Waals surface area (Å²) in [5.41, 5.74) is 1.02. The fraction of sp³-hybridized carbons (Fsp3) is 0.892. The monoisotopic (exact) mass is 646 g/mol. The van der Waals surface area contributed by atoms with Crippen LogP contribution in [0, 0.1) is 50.2 Å². The van der Waals surface area contributed by atoms with Gasteiger partial charge >= 0.3 is 11.9 Å². The number of carbonyl (C=O) groups excluding carboxylic acids is 1. The summed E-state index contributed by atoms with van der Waals surface area (Å²) in [4.78, 5) is 25.2. The number of hydrogen-bond donors (Lipinski definition) is 4. The number of carboxylic acids is 1. The van der Waals surface area contributed by atoms with Gasteiger partial charge in [-0.05, 0) is 109 Å². The highest BCUT2D eigenvalue weighted by atomic mass is 16.7. The largest absolute Gasteiger partial charge is 0.479 e. The van der Waals surface area contributed by atoms with Gasteiger partial charge in [-0.1, -0.05) is 60.1 Å². The summed E-state index contributed by atoms with van der Waals surface area (Å²) in [5.74, 6) is -0.469. The van der Waals surface area contributed by atoms with Crippen molar-refractivity contribution >= 4 is 11.9 Å². The van der Waals surface area contributed by atoms with E-state index in [9.17, 15) is 30.0 Å². The van der Waals surface area contributed by atoms with Crippen LogP contribution in [0.5, 0.6) is 0 Å². The van der Waals surface area contributed by atoms with Gasteiger partial charge in [-0.15, -0.1) is 0 Å². The molecule has 0 aromatic heterocycles. The lowest BCUT2D eigenvalue weighted by Crippen LogP contribution is -2.66. The third kappa shape index (κ3) is 4.64. The molecule has 6 rings (SSSR count). The second kappa shape index (κ2) is 11.0. The van der Waals surface area contributed by atoms with Gasteiger partial charge in [-0.3, -0.25) is 4.79 Å². The maximum Gasteiger partial charge on any atom is 0.335 e. The predicted octanol–water partition coefficient (Wildman–Crippen LogP) is 5.24. The Bertz CT molecular complexity index is 1280. The van der Waals surface area contributed by atoms with Crippen molar-refractivity contribution in [3.05, 3.63) is 11.6 Å². The van der Waals surface area contributed by atoms with Gasteiger partial charge in [0, 0.05) is 0 Å². The molecule has 5 fully saturated rings. The Balaban J connectivity index is 1.29. The van der Waals surface area contributed by atoms with E-state index in [1.54, 1.807) is 7.11 Å². The van der Waals surface area contributed by atoms with E-state index in [0.29, 0.717) is 18.3 Å². The Labute approximate surface area is 274 Å². The first kappa shape index (κ1) is 34.3. The van der Waals surface area contributed by atoms with Gasteiger partial charge in [-0.2, -0.15) is 0 Å². The molecule has 4 saturated carbocycles. The molecular weight excluding hydrogens is 588 g/mol. The van der Waals surface area contributed by atoms with Crippen molar-refractivity contribution in [2.75, 3.05) is 7.11 Å². The number of rotatable bonds is 4. The van der Waals surface area contributed by atoms with E-state index in [1.807, 2.05) is 0 Å². The number of allylic oxidation sites excluding steroid dienone is 2. The molecule has 5 aliphatic carbocycles. The molecule has 1 aliphatic heterocycles. The lowest BCUT2D eigenvalue weighted by Gasteiger charge is -2.71. The van der Waals surface area contributed by atoms with Crippen LogP contribution in [-0.2, 0) is 23.8 Å². The maximum atomic E-state index is 13.5. The number of aliphatic hydroxyl groups is 3. The van der Waals surface area contributed by atoms with Gasteiger partial charge in [-0.25, -0.2) is 4.79 Å². The normalized spacial score (nSPS) is 50.9. The van der Waals surface area contributed by atoms with Crippen LogP contribution in [0.1, 0.15) is 113 Å². The fourth-order valence-corrected chi connectivity index (χ4v) is 12.4. The molecule has 0 radical (unpaired) electrons. The summed E-state index contributed by atoms with van der Waals surface area (Å²) >= 11 is 0. The zero-order chi connectivity index (χ0) is 33.8. The molecule has 0 aromatic carbocycles. The molecular formula is C37H58O9. The SMILES string of the molecule is COC(=O)C12CCC(C)(C)CC1C1=CCC3C4(C)CCC(OC5OC(C(=O)O)C(O)C(O)C5O)C(C)(C)C4CCC3(C)C1(C)CC2. The van der Waals surface area contributed by atoms with Crippen LogP contribution in [0.3, 0.4) is 0 Å². The van der Waals surface area contributed by atoms with Crippen LogP contribution in [0.15, 0.2) is 11.6 Å². The molecule has 9 heteroatoms. The van der Waals surface area contributed by atoms with E-state index in [0.717, 1.165) is 57.8 Å². The van der Waals surface area contributed by atoms with Crippen molar-refractivity contribution in [1.29, 1.82) is 0 Å². The Morgan fingerprint density at radius 2 is 1.52 bits per heavy atom. The average molecular weight is 647 g/mol. The van der Waals surface area contributed by atoms with Crippen molar-refractivity contribution in [2.45, 2.75) is 149 Å². The van der Waals surface area contributed by atoms with E-state index in [4.69, 9.17) is 14.2 Å². The first-order valence-corrected chi connectivity index (χ1v) is 17.7. The minimum atomic E-state index is -1.74. The molecule has 6 aliphatic rings. The first-order valence-electron chi connectivity index (χ1n) is 17.7. The summed E-state index contributed by atoms with van der Waals surface area (Å²) in [7, 11) is 1.55. The molecule has 13 unspecified atom stereocenters. The highest BCUT2D eigenvalue weighted by molar-refractivity contribution is 5.78. The number of carboxylic acid groups (broad SMARTS) is 1. The zero-order valence-corrected chi connectivity index (χ0v) is 29.2. The van der Waals surface area contributed by atoms with Gasteiger partial charge < -0.3 is 34.6 Å². The quantitative estimate of drug-likeness (QED) is 0.183. The van der Waals surface area contributed by atoms with Gasteiger partial charge in [0.25, 0.3) is 0 Å². The molecule has 4 N–H and O–H groups in total. The van der Waals surface area contributed by atoms with E-state index in [2.05, 4.69) is 54.5 Å². The number of aliphatic carboxylic acids is 1. The summed E-state index contributed by atoms with van der Waals surface area (Å²) in [6, 6.07) is 0. The molecule has 9 nitrogen and oxygen atoms in total. The number of esters is 1. The third-order valence-electron chi connectivity index (χ3n) is 15.3. The smallest absolute Gasteiger partial charge is 0.335 e. The number of carbonyl (C=O) groups is 2. The molecule has 0 amide bonds. The molecule has 1 heterocycles. The molecule has 13 atom stereocenters. The Hall–Kier alpha value is -1.52. The summed E-state index contributed by atoms with van der Waals surface area (Å²) in [6.07, 6.45) is 3.73. The molecule has 1 saturated heterocycles. The van der Waals surface area contributed by atoms with E-state index in [-0.39, 0.29) is 45.1 Å². The molecule has 0 aromatic rings. The van der Waals surface area contributed by atoms with Crippen LogP contribution >= 0.6 is 0 Å². The summed E-state index contributed by atoms with van der Waals surface area (Å²) < 4.78 is 17.4. The number of methoxy groups -OCH3 is 1. The van der Waals surface area contributed by atoms with Gasteiger partial charge in [0.1, 0.15) is 18.3 Å². The lowest BCUT2D eigenvalue weighted by atomic mass is 9.33. The number of fused-ring (bicyclic) bond motifs is 7. The molecule has 46 heavy (non-hydrogen) atoms. The summed E-state index contributed by atoms with van der Waals surface area (Å²) in [6.45, 7) is 16.6. The van der Waals surface area contributed by atoms with Crippen molar-refractivity contribution in [3.63, 3.8) is 0 Å². The Kier molecular flexibility index (Phi) is 8.21. The first-order chi connectivity index (χ1) is 21.3. The van der Waals surface area contributed by atoms with E-state index >= 15 is 0 Å². The third-order valence-corrected chi connectivity index (χ3v) is 15.3. The van der Waals surface area contributed by atoms with Crippen molar-refractivity contribution in [2.24, 2.45) is 50.2 Å². The van der Waals surface area contributed by atoms with Crippen LogP contribution < -0.4 is 0 Å². The Morgan fingerprint density at radius 3 is 2.17 bits per heavy atom. The van der Waals surface area contributed by atoms with Crippen molar-refractivity contribution in [1.82, 2.24) is 0 Å². The predicted molar refractivity (Wildman–Crippen MR) is 170 cm³/mol. The maximum absolute atomic E-state index is 13.5. The molecule has 0 spiro atoms. The number of ether oxygens (including phenoxy) is 3. The number of aliphatic hydroxyl groups excluding tert-OH is 3. The molecule has 260 valence electrons. The van der Waals surface area contributed by atoms with E-state index in [1.165, 1.54) is 5.57 Å². The second-order valence-corrected chi connectivity index (χ2v) is 18.1. The van der Waals surface area contributed by atoms with Crippen LogP contribution in [0.4, 0.5) is 0 Å². The fourth-order valence-electron chi connectivity index (χ4n) is 12.4. The van der Waals surface area contributed by atoms with Gasteiger partial charge in [0.15, 0.2) is 12.4 Å². The highest BCUT2D eigenvalue weighted by Gasteiger charge is 2.69. The van der Waals surface area contributed by atoms with Crippen LogP contribution in [-0.4, -0.2) is 76.3 Å². The highest BCUT2D eigenvalue weighted by Crippen LogP contribution is 2.76. The van der Waals surface area contributed by atoms with Crippen LogP contribution in [0.25, 0.3) is 0 Å². The number of hydrogen-bond acceptors (Lipinski definition) is 8. The second-order valence-electron chi connectivity index (χ2n) is 18.1. The van der Waals surface area contributed by atoms with Crippen LogP contribution in [0.2, 0.25) is 0 Å². The lowest BCUT2D eigenvalue weighted by molar-refractivity contribution is -0.324. The average Bonchev–Trinajstić information content (AvgIpc) is 2.98. The van der Waals surface area contributed by atoms with Gasteiger partial charge in [0.05, 0.1) is 18.6 Å². The summed E-state index contributed by atoms with van der Waals surface area (Å²) in [5, 5.41) is 40.8. The van der Waals surface area contributed by atoms with Crippen molar-refractivity contribution < 1.29 is 44.2 Å². The minimum Gasteiger partial charge on any atom is -0.479 e. The van der Waals surface area contributed by atoms with Crippen molar-refractivity contribution in [3.8, 4) is 0 Å². The zero-order valence-electron chi connectivity index (χ0n) is 29.2. The molecule has 0 bridgehead atoms. The minimum absolute atomic E-state index is 0.0140. The van der Waals surface area contributed by atoms with Gasteiger partial charge in [0.2, 0.25) is 0 Å². The Morgan fingerprint density at radius 1 is 0.848 bits per heavy atom. The topological polar surface area (TPSA) is 143 Å². The standard InChI is InChI=1S/C37H58O9/c1-32(2)15-17-37(31(43)44-8)18-16-35(6)20(21(37)19-32)9-10-23-34(5)13-12-24(33(3,4)22(34)11-14-36(23,35)7)45-30-27(40)25(38)26(39)28(46-30)29(41)42/h9,21-28,30,38-40H,10-19H2,1-8H3,(H,41,42).